The third kappa shape index (κ3) is 4.65. The van der Waals surface area contributed by atoms with Gasteiger partial charge in [-0.15, -0.1) is 11.3 Å². The zero-order valence-electron chi connectivity index (χ0n) is 16.3. The minimum Gasteiger partial charge on any atom is -0.355 e. The number of rotatable bonds is 7. The zero-order valence-corrected chi connectivity index (χ0v) is 17.9. The first-order valence-corrected chi connectivity index (χ1v) is 11.4. The molecule has 3 heterocycles. The molecule has 0 atom stereocenters. The first-order chi connectivity index (χ1) is 13.7. The van der Waals surface area contributed by atoms with Gasteiger partial charge in [0, 0.05) is 24.2 Å². The highest BCUT2D eigenvalue weighted by atomic mass is 35.5. The van der Waals surface area contributed by atoms with Crippen LogP contribution in [-0.2, 0) is 6.42 Å². The predicted molar refractivity (Wildman–Crippen MR) is 120 cm³/mol. The number of aromatic nitrogens is 2. The van der Waals surface area contributed by atoms with Crippen LogP contribution >= 0.6 is 22.9 Å². The van der Waals surface area contributed by atoms with E-state index in [1.54, 1.807) is 17.7 Å². The van der Waals surface area contributed by atoms with Crippen molar-refractivity contribution >= 4 is 39.0 Å². The number of thiophene rings is 1. The number of fused-ring (bicyclic) bond motifs is 1. The molecule has 4 rings (SSSR count). The average Bonchev–Trinajstić information content (AvgIpc) is 3.11. The third-order valence-electron chi connectivity index (χ3n) is 5.55. The number of benzene rings is 1. The molecule has 1 aliphatic rings. The van der Waals surface area contributed by atoms with E-state index in [1.165, 1.54) is 41.5 Å². The molecule has 1 N–H and O–H groups in total. The molecule has 6 heteroatoms. The van der Waals surface area contributed by atoms with E-state index in [2.05, 4.69) is 44.6 Å². The van der Waals surface area contributed by atoms with Crippen LogP contribution in [0.2, 0.25) is 5.02 Å². The monoisotopic (exact) mass is 414 g/mol. The van der Waals surface area contributed by atoms with Crippen LogP contribution < -0.4 is 10.2 Å². The number of unbranched alkanes of at least 4 members (excludes halogenated alkanes) is 1. The molecule has 0 radical (unpaired) electrons. The molecule has 0 unspecified atom stereocenters. The SMILES string of the molecule is Cc1csc2c(N3CCC(NCCCCc4ccc(Cl)cc4)CC3)ncnc12. The molecule has 1 fully saturated rings. The Morgan fingerprint density at radius 1 is 1.14 bits per heavy atom. The minimum absolute atomic E-state index is 0.620. The zero-order chi connectivity index (χ0) is 19.3. The Morgan fingerprint density at radius 3 is 2.71 bits per heavy atom. The Morgan fingerprint density at radius 2 is 1.93 bits per heavy atom. The fraction of sp³-hybridized carbons (Fsp3) is 0.455. The normalized spacial score (nSPS) is 15.4. The highest BCUT2D eigenvalue weighted by Crippen LogP contribution is 2.32. The lowest BCUT2D eigenvalue weighted by Gasteiger charge is -2.33. The summed E-state index contributed by atoms with van der Waals surface area (Å²) < 4.78 is 1.23. The molecular formula is C22H27ClN4S. The summed E-state index contributed by atoms with van der Waals surface area (Å²) in [6.07, 6.45) is 7.61. The largest absolute Gasteiger partial charge is 0.355 e. The highest BCUT2D eigenvalue weighted by Gasteiger charge is 2.22. The molecule has 0 bridgehead atoms. The molecule has 2 aromatic heterocycles. The summed E-state index contributed by atoms with van der Waals surface area (Å²) >= 11 is 7.70. The Hall–Kier alpha value is -1.69. The average molecular weight is 415 g/mol. The number of nitrogens with zero attached hydrogens (tertiary/aromatic N) is 3. The van der Waals surface area contributed by atoms with Gasteiger partial charge in [0.2, 0.25) is 0 Å². The van der Waals surface area contributed by atoms with Gasteiger partial charge in [-0.3, -0.25) is 0 Å². The van der Waals surface area contributed by atoms with Gasteiger partial charge >= 0.3 is 0 Å². The Labute approximate surface area is 176 Å². The van der Waals surface area contributed by atoms with E-state index in [-0.39, 0.29) is 0 Å². The molecule has 0 saturated carbocycles. The van der Waals surface area contributed by atoms with Crippen LogP contribution in [0.1, 0.15) is 36.8 Å². The number of hydrogen-bond acceptors (Lipinski definition) is 5. The van der Waals surface area contributed by atoms with Crippen LogP contribution in [0, 0.1) is 6.92 Å². The number of anilines is 1. The fourth-order valence-electron chi connectivity index (χ4n) is 3.89. The van der Waals surface area contributed by atoms with Gasteiger partial charge in [-0.25, -0.2) is 9.97 Å². The lowest BCUT2D eigenvalue weighted by atomic mass is 10.0. The predicted octanol–water partition coefficient (Wildman–Crippen LogP) is 5.23. The molecule has 0 amide bonds. The first kappa shape index (κ1) is 19.6. The number of halogens is 1. The Balaban J connectivity index is 1.20. The topological polar surface area (TPSA) is 41.0 Å². The lowest BCUT2D eigenvalue weighted by Crippen LogP contribution is -2.43. The van der Waals surface area contributed by atoms with E-state index in [0.29, 0.717) is 6.04 Å². The second kappa shape index (κ2) is 9.21. The van der Waals surface area contributed by atoms with Crippen LogP contribution in [0.4, 0.5) is 5.82 Å². The van der Waals surface area contributed by atoms with Crippen LogP contribution in [-0.4, -0.2) is 35.6 Å². The van der Waals surface area contributed by atoms with Crippen LogP contribution in [0.3, 0.4) is 0 Å². The van der Waals surface area contributed by atoms with Crippen LogP contribution in [0.15, 0.2) is 36.0 Å². The highest BCUT2D eigenvalue weighted by molar-refractivity contribution is 7.18. The number of piperidine rings is 1. The summed E-state index contributed by atoms with van der Waals surface area (Å²) in [6.45, 7) is 5.34. The van der Waals surface area contributed by atoms with E-state index >= 15 is 0 Å². The second-order valence-corrected chi connectivity index (χ2v) is 8.91. The number of aryl methyl sites for hydroxylation is 2. The van der Waals surface area contributed by atoms with Crippen molar-refractivity contribution in [2.75, 3.05) is 24.5 Å². The van der Waals surface area contributed by atoms with Crippen molar-refractivity contribution in [3.63, 3.8) is 0 Å². The van der Waals surface area contributed by atoms with Crippen LogP contribution in [0.5, 0.6) is 0 Å². The molecule has 1 saturated heterocycles. The summed E-state index contributed by atoms with van der Waals surface area (Å²) in [4.78, 5) is 11.5. The van der Waals surface area contributed by atoms with Gasteiger partial charge in [-0.2, -0.15) is 0 Å². The van der Waals surface area contributed by atoms with Gasteiger partial charge in [-0.1, -0.05) is 23.7 Å². The summed E-state index contributed by atoms with van der Waals surface area (Å²) in [5.74, 6) is 1.12. The smallest absolute Gasteiger partial charge is 0.150 e. The van der Waals surface area contributed by atoms with Crippen molar-refractivity contribution < 1.29 is 0 Å². The van der Waals surface area contributed by atoms with Crippen molar-refractivity contribution in [2.45, 2.75) is 45.1 Å². The lowest BCUT2D eigenvalue weighted by molar-refractivity contribution is 0.410. The van der Waals surface area contributed by atoms with E-state index in [9.17, 15) is 0 Å². The first-order valence-electron chi connectivity index (χ1n) is 10.1. The standard InChI is InChI=1S/C22H27ClN4S/c1-16-14-28-21-20(16)25-15-26-22(21)27-12-9-19(10-13-27)24-11-3-2-4-17-5-7-18(23)8-6-17/h5-8,14-15,19,24H,2-4,9-13H2,1H3. The maximum absolute atomic E-state index is 5.94. The van der Waals surface area contributed by atoms with Gasteiger partial charge < -0.3 is 10.2 Å². The molecule has 1 aromatic carbocycles. The van der Waals surface area contributed by atoms with Crippen molar-refractivity contribution in [3.8, 4) is 0 Å². The molecule has 0 spiro atoms. The molecular weight excluding hydrogens is 388 g/mol. The maximum Gasteiger partial charge on any atom is 0.150 e. The van der Waals surface area contributed by atoms with Crippen molar-refractivity contribution in [2.24, 2.45) is 0 Å². The van der Waals surface area contributed by atoms with Crippen molar-refractivity contribution in [1.82, 2.24) is 15.3 Å². The van der Waals surface area contributed by atoms with Gasteiger partial charge in [0.1, 0.15) is 12.1 Å². The summed E-state index contributed by atoms with van der Waals surface area (Å²) in [5, 5.41) is 6.75. The van der Waals surface area contributed by atoms with Crippen molar-refractivity contribution in [1.29, 1.82) is 0 Å². The van der Waals surface area contributed by atoms with Gasteiger partial charge in [0.25, 0.3) is 0 Å². The molecule has 4 nitrogen and oxygen atoms in total. The summed E-state index contributed by atoms with van der Waals surface area (Å²) in [5.41, 5.74) is 3.73. The van der Waals surface area contributed by atoms with E-state index in [4.69, 9.17) is 11.6 Å². The Kier molecular flexibility index (Phi) is 6.45. The maximum atomic E-state index is 5.94. The third-order valence-corrected chi connectivity index (χ3v) is 6.88. The number of hydrogen-bond donors (Lipinski definition) is 1. The van der Waals surface area contributed by atoms with Gasteiger partial charge in [0.05, 0.1) is 10.2 Å². The number of nitrogens with one attached hydrogen (secondary N) is 1. The molecule has 0 aliphatic carbocycles. The fourth-order valence-corrected chi connectivity index (χ4v) is 5.03. The molecule has 148 valence electrons. The van der Waals surface area contributed by atoms with E-state index in [1.807, 2.05) is 12.1 Å². The van der Waals surface area contributed by atoms with E-state index in [0.717, 1.165) is 42.4 Å². The molecule has 1 aliphatic heterocycles. The van der Waals surface area contributed by atoms with Crippen LogP contribution in [0.25, 0.3) is 10.2 Å². The Bertz CT molecular complexity index is 901. The minimum atomic E-state index is 0.620. The molecule has 28 heavy (non-hydrogen) atoms. The van der Waals surface area contributed by atoms with Gasteiger partial charge in [-0.05, 0) is 74.2 Å². The van der Waals surface area contributed by atoms with E-state index < -0.39 is 0 Å². The summed E-state index contributed by atoms with van der Waals surface area (Å²) in [6, 6.07) is 8.83. The molecule has 3 aromatic rings. The quantitative estimate of drug-likeness (QED) is 0.537. The summed E-state index contributed by atoms with van der Waals surface area (Å²) in [7, 11) is 0. The second-order valence-electron chi connectivity index (χ2n) is 7.59. The van der Waals surface area contributed by atoms with Gasteiger partial charge in [0.15, 0.2) is 0 Å². The van der Waals surface area contributed by atoms with Crippen molar-refractivity contribution in [3.05, 3.63) is 52.1 Å².